The highest BCUT2D eigenvalue weighted by Crippen LogP contribution is 2.15. The number of aryl methyl sites for hydroxylation is 1. The number of hydrogen-bond donors (Lipinski definition) is 4. The number of benzene rings is 1. The third kappa shape index (κ3) is 3.56. The summed E-state index contributed by atoms with van der Waals surface area (Å²) < 4.78 is 0. The van der Waals surface area contributed by atoms with Crippen molar-refractivity contribution in [3.05, 3.63) is 41.5 Å². The Morgan fingerprint density at radius 2 is 2.14 bits per heavy atom. The minimum Gasteiger partial charge on any atom is -0.478 e. The van der Waals surface area contributed by atoms with Crippen molar-refractivity contribution in [3.63, 3.8) is 0 Å². The van der Waals surface area contributed by atoms with Crippen LogP contribution in [0.1, 0.15) is 34.7 Å². The van der Waals surface area contributed by atoms with Gasteiger partial charge in [-0.1, -0.05) is 0 Å². The summed E-state index contributed by atoms with van der Waals surface area (Å²) >= 11 is 0. The second-order valence-corrected chi connectivity index (χ2v) is 4.53. The zero-order valence-corrected chi connectivity index (χ0v) is 11.5. The molecule has 1 heterocycles. The first-order valence-electron chi connectivity index (χ1n) is 6.24. The highest BCUT2D eigenvalue weighted by Gasteiger charge is 2.13. The number of nitrogens with zero attached hydrogens (tertiary/aromatic N) is 2. The van der Waals surface area contributed by atoms with Gasteiger partial charge in [0.05, 0.1) is 11.6 Å². The molecule has 1 aromatic heterocycles. The van der Waals surface area contributed by atoms with Crippen molar-refractivity contribution in [1.82, 2.24) is 20.5 Å². The van der Waals surface area contributed by atoms with Crippen LogP contribution in [0.5, 0.6) is 0 Å². The van der Waals surface area contributed by atoms with E-state index in [0.29, 0.717) is 17.1 Å². The lowest BCUT2D eigenvalue weighted by atomic mass is 10.1. The predicted octanol–water partition coefficient (Wildman–Crippen LogP) is 1.69. The molecule has 1 unspecified atom stereocenters. The molecule has 0 radical (unpaired) electrons. The number of nitrogens with one attached hydrogen (secondary N) is 3. The van der Waals surface area contributed by atoms with Gasteiger partial charge in [0.25, 0.3) is 0 Å². The highest BCUT2D eigenvalue weighted by molar-refractivity contribution is 5.92. The van der Waals surface area contributed by atoms with Crippen molar-refractivity contribution in [2.24, 2.45) is 0 Å². The number of carbonyl (C=O) groups is 2. The van der Waals surface area contributed by atoms with Crippen molar-refractivity contribution in [3.8, 4) is 0 Å². The highest BCUT2D eigenvalue weighted by atomic mass is 16.4. The predicted molar refractivity (Wildman–Crippen MR) is 75.1 cm³/mol. The number of amides is 2. The molecule has 1 aromatic carbocycles. The quantitative estimate of drug-likeness (QED) is 0.682. The topological polar surface area (TPSA) is 120 Å². The van der Waals surface area contributed by atoms with Crippen molar-refractivity contribution < 1.29 is 14.7 Å². The summed E-state index contributed by atoms with van der Waals surface area (Å²) in [7, 11) is 0. The number of aromatic carboxylic acids is 1. The maximum Gasteiger partial charge on any atom is 0.335 e. The Labute approximate surface area is 120 Å². The van der Waals surface area contributed by atoms with E-state index in [1.165, 1.54) is 18.5 Å². The van der Waals surface area contributed by atoms with Crippen LogP contribution in [0.25, 0.3) is 0 Å². The van der Waals surface area contributed by atoms with E-state index in [0.717, 1.165) is 0 Å². The minimum atomic E-state index is -0.998. The Morgan fingerprint density at radius 3 is 2.71 bits per heavy atom. The number of carbonyl (C=O) groups excluding carboxylic acids is 1. The summed E-state index contributed by atoms with van der Waals surface area (Å²) in [6, 6.07) is 3.85. The van der Waals surface area contributed by atoms with E-state index in [1.54, 1.807) is 19.9 Å². The van der Waals surface area contributed by atoms with Gasteiger partial charge in [0.1, 0.15) is 12.2 Å². The van der Waals surface area contributed by atoms with Gasteiger partial charge in [-0.2, -0.15) is 5.10 Å². The molecular weight excluding hydrogens is 274 g/mol. The Bertz CT molecular complexity index is 654. The van der Waals surface area contributed by atoms with Crippen LogP contribution >= 0.6 is 0 Å². The second-order valence-electron chi connectivity index (χ2n) is 4.53. The Kier molecular flexibility index (Phi) is 4.17. The van der Waals surface area contributed by atoms with Gasteiger partial charge >= 0.3 is 12.0 Å². The van der Waals surface area contributed by atoms with Gasteiger partial charge in [-0.05, 0) is 37.6 Å². The molecule has 0 saturated carbocycles. The van der Waals surface area contributed by atoms with Crippen molar-refractivity contribution >= 4 is 17.7 Å². The molecule has 0 saturated heterocycles. The molecule has 0 spiro atoms. The van der Waals surface area contributed by atoms with Crippen LogP contribution in [0.4, 0.5) is 10.5 Å². The van der Waals surface area contributed by atoms with Crippen LogP contribution in [0.2, 0.25) is 0 Å². The molecule has 2 amide bonds. The number of carboxylic acids is 1. The third-order valence-electron chi connectivity index (χ3n) is 2.91. The first kappa shape index (κ1) is 14.5. The number of anilines is 1. The maximum atomic E-state index is 11.8. The molecule has 0 aliphatic carbocycles. The largest absolute Gasteiger partial charge is 0.478 e. The molecule has 21 heavy (non-hydrogen) atoms. The summed E-state index contributed by atoms with van der Waals surface area (Å²) in [5, 5.41) is 20.6. The van der Waals surface area contributed by atoms with Gasteiger partial charge in [-0.3, -0.25) is 5.10 Å². The number of aromatic nitrogens is 3. The van der Waals surface area contributed by atoms with Crippen molar-refractivity contribution in [1.29, 1.82) is 0 Å². The van der Waals surface area contributed by atoms with Crippen LogP contribution in [-0.2, 0) is 0 Å². The van der Waals surface area contributed by atoms with Gasteiger partial charge in [-0.25, -0.2) is 14.6 Å². The average Bonchev–Trinajstić information content (AvgIpc) is 2.91. The van der Waals surface area contributed by atoms with E-state index in [1.807, 2.05) is 0 Å². The fourth-order valence-electron chi connectivity index (χ4n) is 1.84. The summed E-state index contributed by atoms with van der Waals surface area (Å²) in [4.78, 5) is 26.7. The van der Waals surface area contributed by atoms with Crippen molar-refractivity contribution in [2.45, 2.75) is 19.9 Å². The minimum absolute atomic E-state index is 0.205. The van der Waals surface area contributed by atoms with E-state index in [2.05, 4.69) is 25.8 Å². The van der Waals surface area contributed by atoms with E-state index in [4.69, 9.17) is 5.11 Å². The van der Waals surface area contributed by atoms with Crippen LogP contribution < -0.4 is 10.6 Å². The van der Waals surface area contributed by atoms with Crippen LogP contribution in [0.3, 0.4) is 0 Å². The van der Waals surface area contributed by atoms with Crippen molar-refractivity contribution in [2.75, 3.05) is 5.32 Å². The van der Waals surface area contributed by atoms with Gasteiger partial charge in [0.15, 0.2) is 0 Å². The number of urea groups is 1. The molecule has 8 nitrogen and oxygen atoms in total. The monoisotopic (exact) mass is 289 g/mol. The first-order valence-corrected chi connectivity index (χ1v) is 6.24. The van der Waals surface area contributed by atoms with Gasteiger partial charge in [0.2, 0.25) is 0 Å². The molecule has 0 bridgehead atoms. The molecule has 2 aromatic rings. The Morgan fingerprint density at radius 1 is 1.38 bits per heavy atom. The second kappa shape index (κ2) is 6.04. The van der Waals surface area contributed by atoms with Gasteiger partial charge < -0.3 is 15.7 Å². The number of aromatic amines is 1. The van der Waals surface area contributed by atoms with Gasteiger partial charge in [-0.15, -0.1) is 0 Å². The molecule has 0 aliphatic heterocycles. The van der Waals surface area contributed by atoms with E-state index >= 15 is 0 Å². The Balaban J connectivity index is 2.00. The lowest BCUT2D eigenvalue weighted by molar-refractivity contribution is 0.0696. The van der Waals surface area contributed by atoms with Crippen LogP contribution in [0, 0.1) is 6.92 Å². The van der Waals surface area contributed by atoms with E-state index < -0.39 is 12.0 Å². The van der Waals surface area contributed by atoms with Crippen LogP contribution in [0.15, 0.2) is 24.5 Å². The Hall–Kier alpha value is -2.90. The van der Waals surface area contributed by atoms with E-state index in [9.17, 15) is 9.59 Å². The number of H-pyrrole nitrogens is 1. The fraction of sp³-hybridized carbons (Fsp3) is 0.231. The first-order chi connectivity index (χ1) is 9.97. The summed E-state index contributed by atoms with van der Waals surface area (Å²) in [6.07, 6.45) is 1.36. The molecule has 1 atom stereocenters. The summed E-state index contributed by atoms with van der Waals surface area (Å²) in [6.45, 7) is 3.43. The third-order valence-corrected chi connectivity index (χ3v) is 2.91. The number of hydrogen-bond acceptors (Lipinski definition) is 4. The lowest BCUT2D eigenvalue weighted by Gasteiger charge is -2.13. The smallest absolute Gasteiger partial charge is 0.335 e. The number of carboxylic acid groups (broad SMARTS) is 1. The molecule has 8 heteroatoms. The molecule has 0 fully saturated rings. The summed E-state index contributed by atoms with van der Waals surface area (Å²) in [5.41, 5.74) is 1.29. The normalized spacial score (nSPS) is 11.7. The zero-order valence-electron chi connectivity index (χ0n) is 11.5. The molecule has 0 aliphatic rings. The van der Waals surface area contributed by atoms with Gasteiger partial charge in [0, 0.05) is 5.69 Å². The standard InChI is InChI=1S/C13H15N5O3/c1-7-5-9(3-4-10(7)12(19)20)17-13(21)16-8(2)11-14-6-15-18-11/h3-6,8H,1-2H3,(H,19,20)(H,14,15,18)(H2,16,17,21). The van der Waals surface area contributed by atoms with E-state index in [-0.39, 0.29) is 11.6 Å². The lowest BCUT2D eigenvalue weighted by Crippen LogP contribution is -2.31. The molecule has 110 valence electrons. The van der Waals surface area contributed by atoms with Crippen LogP contribution in [-0.4, -0.2) is 32.3 Å². The SMILES string of the molecule is Cc1cc(NC(=O)NC(C)c2ncn[nH]2)ccc1C(=O)O. The molecular formula is C13H15N5O3. The number of rotatable bonds is 4. The average molecular weight is 289 g/mol. The maximum absolute atomic E-state index is 11.8. The molecule has 4 N–H and O–H groups in total. The summed E-state index contributed by atoms with van der Waals surface area (Å²) in [5.74, 6) is -0.454. The zero-order chi connectivity index (χ0) is 15.4. The molecule has 2 rings (SSSR count). The fourth-order valence-corrected chi connectivity index (χ4v) is 1.84.